The quantitative estimate of drug-likeness (QED) is 0.818. The fraction of sp³-hybridized carbons (Fsp3) is 0.500. The van der Waals surface area contributed by atoms with Gasteiger partial charge >= 0.3 is 0 Å². The van der Waals surface area contributed by atoms with Crippen LogP contribution in [0.4, 0.5) is 0 Å². The van der Waals surface area contributed by atoms with E-state index in [2.05, 4.69) is 0 Å². The first-order chi connectivity index (χ1) is 8.99. The number of hydrogen-bond acceptors (Lipinski definition) is 4. The van der Waals surface area contributed by atoms with Crippen LogP contribution in [0.1, 0.15) is 25.3 Å². The number of carbonyl (C=O) groups is 1. The molecule has 19 heavy (non-hydrogen) atoms. The first kappa shape index (κ1) is 15.3. The third-order valence-corrected chi connectivity index (χ3v) is 2.96. The van der Waals surface area contributed by atoms with Gasteiger partial charge in [0.1, 0.15) is 0 Å². The molecule has 0 aliphatic rings. The number of phenolic OH excluding ortho intramolecular Hbond substituents is 1. The Morgan fingerprint density at radius 3 is 2.79 bits per heavy atom. The zero-order chi connectivity index (χ0) is 14.4. The van der Waals surface area contributed by atoms with Gasteiger partial charge in [0.15, 0.2) is 11.5 Å². The van der Waals surface area contributed by atoms with Crippen molar-refractivity contribution in [3.63, 3.8) is 0 Å². The number of aromatic hydroxyl groups is 1. The van der Waals surface area contributed by atoms with Gasteiger partial charge in [0.05, 0.1) is 13.2 Å². The maximum absolute atomic E-state index is 12.0. The molecule has 1 aromatic rings. The number of benzene rings is 1. The Bertz CT molecular complexity index is 435. The average Bonchev–Trinajstić information content (AvgIpc) is 2.40. The molecule has 1 rings (SSSR count). The van der Waals surface area contributed by atoms with Gasteiger partial charge in [-0.25, -0.2) is 0 Å². The van der Waals surface area contributed by atoms with Gasteiger partial charge in [-0.1, -0.05) is 19.4 Å². The molecule has 0 saturated carbocycles. The Kier molecular flexibility index (Phi) is 5.63. The number of ether oxygens (including phenoxy) is 1. The smallest absolute Gasteiger partial charge is 0.239 e. The minimum Gasteiger partial charge on any atom is -0.504 e. The third-order valence-electron chi connectivity index (χ3n) is 2.96. The summed E-state index contributed by atoms with van der Waals surface area (Å²) in [6.07, 6.45) is 1.57. The van der Waals surface area contributed by atoms with Crippen LogP contribution in [0.2, 0.25) is 0 Å². The minimum atomic E-state index is -0.450. The lowest BCUT2D eigenvalue weighted by molar-refractivity contribution is -0.132. The van der Waals surface area contributed by atoms with E-state index in [1.54, 1.807) is 30.1 Å². The Labute approximate surface area is 114 Å². The molecular formula is C14H22N2O3. The number of hydrogen-bond donors (Lipinski definition) is 2. The zero-order valence-electron chi connectivity index (χ0n) is 11.7. The van der Waals surface area contributed by atoms with Gasteiger partial charge in [-0.15, -0.1) is 0 Å². The summed E-state index contributed by atoms with van der Waals surface area (Å²) in [6, 6.07) is 4.57. The van der Waals surface area contributed by atoms with Crippen molar-refractivity contribution in [3.05, 3.63) is 23.8 Å². The molecule has 5 heteroatoms. The SMILES string of the molecule is CCCC(N)C(=O)N(C)Cc1ccc(O)c(OC)c1. The molecule has 1 aromatic carbocycles. The molecule has 106 valence electrons. The number of amides is 1. The van der Waals surface area contributed by atoms with E-state index in [9.17, 15) is 9.90 Å². The van der Waals surface area contributed by atoms with Crippen LogP contribution in [-0.2, 0) is 11.3 Å². The first-order valence-electron chi connectivity index (χ1n) is 6.36. The monoisotopic (exact) mass is 266 g/mol. The number of methoxy groups -OCH3 is 1. The normalized spacial score (nSPS) is 12.0. The first-order valence-corrected chi connectivity index (χ1v) is 6.36. The van der Waals surface area contributed by atoms with Gasteiger partial charge in [-0.3, -0.25) is 4.79 Å². The van der Waals surface area contributed by atoms with E-state index in [0.717, 1.165) is 12.0 Å². The molecule has 0 aromatic heterocycles. The highest BCUT2D eigenvalue weighted by molar-refractivity contribution is 5.81. The molecule has 1 atom stereocenters. The zero-order valence-corrected chi connectivity index (χ0v) is 11.7. The minimum absolute atomic E-state index is 0.0751. The summed E-state index contributed by atoms with van der Waals surface area (Å²) in [6.45, 7) is 2.44. The van der Waals surface area contributed by atoms with E-state index >= 15 is 0 Å². The molecule has 0 bridgehead atoms. The number of likely N-dealkylation sites (N-methyl/N-ethyl adjacent to an activating group) is 1. The molecular weight excluding hydrogens is 244 g/mol. The molecule has 0 heterocycles. The van der Waals surface area contributed by atoms with E-state index in [1.807, 2.05) is 6.92 Å². The van der Waals surface area contributed by atoms with E-state index in [0.29, 0.717) is 18.7 Å². The number of nitrogens with two attached hydrogens (primary N) is 1. The van der Waals surface area contributed by atoms with Crippen molar-refractivity contribution in [2.45, 2.75) is 32.4 Å². The highest BCUT2D eigenvalue weighted by atomic mass is 16.5. The fourth-order valence-electron chi connectivity index (χ4n) is 1.89. The molecule has 5 nitrogen and oxygen atoms in total. The maximum atomic E-state index is 12.0. The fourth-order valence-corrected chi connectivity index (χ4v) is 1.89. The highest BCUT2D eigenvalue weighted by Gasteiger charge is 2.17. The Balaban J connectivity index is 2.71. The van der Waals surface area contributed by atoms with Crippen LogP contribution >= 0.6 is 0 Å². The molecule has 0 aliphatic carbocycles. The Hall–Kier alpha value is -1.75. The van der Waals surface area contributed by atoms with Crippen molar-refractivity contribution in [1.29, 1.82) is 0 Å². The number of nitrogens with zero attached hydrogens (tertiary/aromatic N) is 1. The topological polar surface area (TPSA) is 75.8 Å². The summed E-state index contributed by atoms with van der Waals surface area (Å²) < 4.78 is 5.04. The second-order valence-electron chi connectivity index (χ2n) is 4.60. The number of phenols is 1. The predicted molar refractivity (Wildman–Crippen MR) is 74.0 cm³/mol. The Morgan fingerprint density at radius 1 is 1.53 bits per heavy atom. The van der Waals surface area contributed by atoms with Gasteiger partial charge in [-0.2, -0.15) is 0 Å². The molecule has 0 fully saturated rings. The van der Waals surface area contributed by atoms with Crippen LogP contribution in [0.15, 0.2) is 18.2 Å². The average molecular weight is 266 g/mol. The van der Waals surface area contributed by atoms with Gasteiger partial charge < -0.3 is 20.5 Å². The van der Waals surface area contributed by atoms with Crippen LogP contribution in [0.25, 0.3) is 0 Å². The van der Waals surface area contributed by atoms with E-state index in [4.69, 9.17) is 10.5 Å². The standard InChI is InChI=1S/C14H22N2O3/c1-4-5-11(15)14(18)16(2)9-10-6-7-12(17)13(8-10)19-3/h6-8,11,17H,4-5,9,15H2,1-3H3. The van der Waals surface area contributed by atoms with Crippen LogP contribution in [-0.4, -0.2) is 36.1 Å². The lowest BCUT2D eigenvalue weighted by Gasteiger charge is -2.21. The van der Waals surface area contributed by atoms with Gasteiger partial charge in [0.2, 0.25) is 5.91 Å². The Morgan fingerprint density at radius 2 is 2.21 bits per heavy atom. The molecule has 0 spiro atoms. The van der Waals surface area contributed by atoms with Crippen molar-refractivity contribution in [1.82, 2.24) is 4.90 Å². The summed E-state index contributed by atoms with van der Waals surface area (Å²) in [5, 5.41) is 9.51. The summed E-state index contributed by atoms with van der Waals surface area (Å²) in [5.74, 6) is 0.410. The lowest BCUT2D eigenvalue weighted by atomic mass is 10.1. The third kappa shape index (κ3) is 4.13. The number of carbonyl (C=O) groups excluding carboxylic acids is 1. The van der Waals surface area contributed by atoms with Crippen molar-refractivity contribution in [2.75, 3.05) is 14.2 Å². The maximum Gasteiger partial charge on any atom is 0.239 e. The largest absolute Gasteiger partial charge is 0.504 e. The van der Waals surface area contributed by atoms with Crippen molar-refractivity contribution >= 4 is 5.91 Å². The summed E-state index contributed by atoms with van der Waals surface area (Å²) in [5.41, 5.74) is 6.69. The molecule has 0 aliphatic heterocycles. The van der Waals surface area contributed by atoms with Crippen LogP contribution < -0.4 is 10.5 Å². The van der Waals surface area contributed by atoms with Crippen molar-refractivity contribution in [2.24, 2.45) is 5.73 Å². The van der Waals surface area contributed by atoms with E-state index in [1.165, 1.54) is 7.11 Å². The second kappa shape index (κ2) is 6.99. The van der Waals surface area contributed by atoms with Gasteiger partial charge in [0, 0.05) is 13.6 Å². The van der Waals surface area contributed by atoms with Crippen molar-refractivity contribution in [3.8, 4) is 11.5 Å². The van der Waals surface area contributed by atoms with Crippen molar-refractivity contribution < 1.29 is 14.6 Å². The second-order valence-corrected chi connectivity index (χ2v) is 4.60. The summed E-state index contributed by atoms with van der Waals surface area (Å²) in [7, 11) is 3.21. The molecule has 3 N–H and O–H groups in total. The lowest BCUT2D eigenvalue weighted by Crippen LogP contribution is -2.41. The summed E-state index contributed by atoms with van der Waals surface area (Å²) in [4.78, 5) is 13.6. The van der Waals surface area contributed by atoms with Gasteiger partial charge in [-0.05, 0) is 24.1 Å². The molecule has 0 saturated heterocycles. The highest BCUT2D eigenvalue weighted by Crippen LogP contribution is 2.26. The van der Waals surface area contributed by atoms with E-state index in [-0.39, 0.29) is 11.7 Å². The predicted octanol–water partition coefficient (Wildman–Crippen LogP) is 1.49. The number of rotatable bonds is 6. The summed E-state index contributed by atoms with van der Waals surface area (Å²) >= 11 is 0. The molecule has 1 unspecified atom stereocenters. The molecule has 0 radical (unpaired) electrons. The van der Waals surface area contributed by atoms with Crippen LogP contribution in [0.5, 0.6) is 11.5 Å². The van der Waals surface area contributed by atoms with E-state index < -0.39 is 6.04 Å². The van der Waals surface area contributed by atoms with Crippen LogP contribution in [0, 0.1) is 0 Å². The van der Waals surface area contributed by atoms with Gasteiger partial charge in [0.25, 0.3) is 0 Å². The van der Waals surface area contributed by atoms with Crippen LogP contribution in [0.3, 0.4) is 0 Å². The molecule has 1 amide bonds.